The maximum atomic E-state index is 13.8. The normalized spacial score (nSPS) is 14.7. The Balaban J connectivity index is 1.44. The smallest absolute Gasteiger partial charge is 0.338 e. The second-order valence-corrected chi connectivity index (χ2v) is 10.7. The third-order valence-corrected chi connectivity index (χ3v) is 7.85. The van der Waals surface area contributed by atoms with E-state index < -0.39 is 12.0 Å². The SMILES string of the molecule is CCOC(=O)C1=C(C)N=c2s/c(=C\c3cccc(OCCOc4ccccc4Cl)c3)c(=O)n2[C@@H]1c1ccc(OC)cc1. The monoisotopic (exact) mass is 604 g/mol. The third-order valence-electron chi connectivity index (χ3n) is 6.55. The zero-order chi connectivity index (χ0) is 29.6. The Hall–Kier alpha value is -4.34. The maximum Gasteiger partial charge on any atom is 0.338 e. The summed E-state index contributed by atoms with van der Waals surface area (Å²) in [7, 11) is 1.58. The molecule has 8 nitrogen and oxygen atoms in total. The number of ether oxygens (including phenoxy) is 4. The molecule has 1 atom stereocenters. The predicted molar refractivity (Wildman–Crippen MR) is 162 cm³/mol. The van der Waals surface area contributed by atoms with Gasteiger partial charge in [0.1, 0.15) is 30.5 Å². The predicted octanol–water partition coefficient (Wildman–Crippen LogP) is 4.92. The summed E-state index contributed by atoms with van der Waals surface area (Å²) in [6.07, 6.45) is 1.80. The number of carbonyl (C=O) groups excluding carboxylic acids is 1. The van der Waals surface area contributed by atoms with Gasteiger partial charge < -0.3 is 18.9 Å². The minimum absolute atomic E-state index is 0.208. The van der Waals surface area contributed by atoms with Crippen LogP contribution < -0.4 is 29.1 Å². The molecule has 0 saturated heterocycles. The number of allylic oxidation sites excluding steroid dienone is 1. The van der Waals surface area contributed by atoms with Crippen molar-refractivity contribution in [1.29, 1.82) is 0 Å². The molecule has 0 N–H and O–H groups in total. The molecule has 0 amide bonds. The van der Waals surface area contributed by atoms with Crippen molar-refractivity contribution in [2.75, 3.05) is 26.9 Å². The Morgan fingerprint density at radius 3 is 2.52 bits per heavy atom. The van der Waals surface area contributed by atoms with Crippen molar-refractivity contribution in [3.05, 3.63) is 120 Å². The van der Waals surface area contributed by atoms with Gasteiger partial charge in [0.15, 0.2) is 4.80 Å². The lowest BCUT2D eigenvalue weighted by Crippen LogP contribution is -2.39. The minimum Gasteiger partial charge on any atom is -0.497 e. The van der Waals surface area contributed by atoms with E-state index in [2.05, 4.69) is 4.99 Å². The van der Waals surface area contributed by atoms with Crippen LogP contribution in [0.4, 0.5) is 0 Å². The van der Waals surface area contributed by atoms with Crippen LogP contribution in [-0.2, 0) is 9.53 Å². The highest BCUT2D eigenvalue weighted by Crippen LogP contribution is 2.31. The van der Waals surface area contributed by atoms with E-state index in [0.29, 0.717) is 56.1 Å². The number of esters is 1. The van der Waals surface area contributed by atoms with E-state index in [0.717, 1.165) is 11.1 Å². The van der Waals surface area contributed by atoms with Crippen molar-refractivity contribution >= 4 is 35.0 Å². The summed E-state index contributed by atoms with van der Waals surface area (Å²) >= 11 is 7.40. The van der Waals surface area contributed by atoms with E-state index in [-0.39, 0.29) is 12.2 Å². The van der Waals surface area contributed by atoms with Gasteiger partial charge in [0.2, 0.25) is 0 Å². The van der Waals surface area contributed by atoms with Crippen LogP contribution in [-0.4, -0.2) is 37.5 Å². The van der Waals surface area contributed by atoms with Crippen LogP contribution in [0.1, 0.15) is 31.0 Å². The summed E-state index contributed by atoms with van der Waals surface area (Å²) in [5.74, 6) is 1.40. The molecule has 0 radical (unpaired) electrons. The van der Waals surface area contributed by atoms with Crippen LogP contribution >= 0.6 is 22.9 Å². The summed E-state index contributed by atoms with van der Waals surface area (Å²) in [5.41, 5.74) is 2.11. The van der Waals surface area contributed by atoms with Crippen LogP contribution in [0.2, 0.25) is 5.02 Å². The number of carbonyl (C=O) groups is 1. The molecule has 1 aromatic heterocycles. The molecular weight excluding hydrogens is 576 g/mol. The first-order chi connectivity index (χ1) is 20.4. The molecule has 216 valence electrons. The van der Waals surface area contributed by atoms with Crippen molar-refractivity contribution in [2.45, 2.75) is 19.9 Å². The standard InChI is InChI=1S/C32H29ClN2O6S/c1-4-39-31(37)28-20(2)34-32-35(29(28)22-12-14-23(38-3)15-13-22)30(36)27(42-32)19-21-8-7-9-24(18-21)40-16-17-41-26-11-6-5-10-25(26)33/h5-15,18-19,29H,4,16-17H2,1-3H3/b27-19-/t29-/m1/s1. The number of aromatic nitrogens is 1. The largest absolute Gasteiger partial charge is 0.497 e. The first-order valence-electron chi connectivity index (χ1n) is 13.3. The quantitative estimate of drug-likeness (QED) is 0.189. The number of hydrogen-bond acceptors (Lipinski definition) is 8. The van der Waals surface area contributed by atoms with E-state index in [1.165, 1.54) is 11.3 Å². The molecule has 0 saturated carbocycles. The summed E-state index contributed by atoms with van der Waals surface area (Å²) < 4.78 is 24.3. The molecule has 2 heterocycles. The number of thiazole rings is 1. The minimum atomic E-state index is -0.693. The first-order valence-corrected chi connectivity index (χ1v) is 14.5. The van der Waals surface area contributed by atoms with Gasteiger partial charge in [-0.3, -0.25) is 9.36 Å². The van der Waals surface area contributed by atoms with E-state index >= 15 is 0 Å². The fourth-order valence-corrected chi connectivity index (χ4v) is 5.85. The van der Waals surface area contributed by atoms with Gasteiger partial charge in [0, 0.05) is 0 Å². The molecule has 3 aromatic carbocycles. The number of hydrogen-bond donors (Lipinski definition) is 0. The van der Waals surface area contributed by atoms with Crippen molar-refractivity contribution in [1.82, 2.24) is 4.57 Å². The van der Waals surface area contributed by atoms with Gasteiger partial charge in [-0.2, -0.15) is 0 Å². The maximum absolute atomic E-state index is 13.8. The highest BCUT2D eigenvalue weighted by Gasteiger charge is 2.33. The van der Waals surface area contributed by atoms with Crippen molar-refractivity contribution in [3.8, 4) is 17.2 Å². The molecule has 0 bridgehead atoms. The van der Waals surface area contributed by atoms with Gasteiger partial charge in [-0.15, -0.1) is 0 Å². The average Bonchev–Trinajstić information content (AvgIpc) is 3.29. The van der Waals surface area contributed by atoms with Crippen molar-refractivity contribution < 1.29 is 23.7 Å². The topological polar surface area (TPSA) is 88.4 Å². The number of methoxy groups -OCH3 is 1. The summed E-state index contributed by atoms with van der Waals surface area (Å²) in [6, 6.07) is 21.3. The van der Waals surface area contributed by atoms with Gasteiger partial charge in [-0.1, -0.05) is 59.3 Å². The molecule has 0 unspecified atom stereocenters. The average molecular weight is 605 g/mol. The van der Waals surface area contributed by atoms with Crippen LogP contribution in [0, 0.1) is 0 Å². The molecule has 5 rings (SSSR count). The Kier molecular flexibility index (Phi) is 9.09. The molecule has 0 fully saturated rings. The lowest BCUT2D eigenvalue weighted by atomic mass is 9.96. The molecular formula is C32H29ClN2O6S. The summed E-state index contributed by atoms with van der Waals surface area (Å²) in [4.78, 5) is 32.0. The first kappa shape index (κ1) is 29.2. The molecule has 4 aromatic rings. The number of nitrogens with zero attached hydrogens (tertiary/aromatic N) is 2. The second-order valence-electron chi connectivity index (χ2n) is 9.28. The number of fused-ring (bicyclic) bond motifs is 1. The molecule has 10 heteroatoms. The zero-order valence-electron chi connectivity index (χ0n) is 23.3. The van der Waals surface area contributed by atoms with Crippen LogP contribution in [0.5, 0.6) is 17.2 Å². The summed E-state index contributed by atoms with van der Waals surface area (Å²) in [6.45, 7) is 4.35. The van der Waals surface area contributed by atoms with Gasteiger partial charge >= 0.3 is 5.97 Å². The highest BCUT2D eigenvalue weighted by molar-refractivity contribution is 7.07. The molecule has 42 heavy (non-hydrogen) atoms. The zero-order valence-corrected chi connectivity index (χ0v) is 24.9. The van der Waals surface area contributed by atoms with Gasteiger partial charge in [-0.05, 0) is 67.4 Å². The summed E-state index contributed by atoms with van der Waals surface area (Å²) in [5, 5.41) is 0.541. The number of para-hydroxylation sites is 1. The number of benzene rings is 3. The Labute approximate surface area is 251 Å². The second kappa shape index (κ2) is 13.1. The van der Waals surface area contributed by atoms with Crippen LogP contribution in [0.3, 0.4) is 0 Å². The van der Waals surface area contributed by atoms with Crippen LogP contribution in [0.15, 0.2) is 93.9 Å². The molecule has 0 spiro atoms. The Bertz CT molecular complexity index is 1810. The highest BCUT2D eigenvalue weighted by atomic mass is 35.5. The van der Waals surface area contributed by atoms with E-state index in [9.17, 15) is 9.59 Å². The lowest BCUT2D eigenvalue weighted by molar-refractivity contribution is -0.139. The number of rotatable bonds is 10. The Morgan fingerprint density at radius 1 is 1.02 bits per heavy atom. The van der Waals surface area contributed by atoms with E-state index in [4.69, 9.17) is 30.5 Å². The van der Waals surface area contributed by atoms with Gasteiger partial charge in [0.05, 0.1) is 40.6 Å². The molecule has 0 aliphatic carbocycles. The van der Waals surface area contributed by atoms with Crippen LogP contribution in [0.25, 0.3) is 6.08 Å². The third kappa shape index (κ3) is 6.27. The van der Waals surface area contributed by atoms with Gasteiger partial charge in [0.25, 0.3) is 5.56 Å². The molecule has 1 aliphatic heterocycles. The Morgan fingerprint density at radius 2 is 1.79 bits per heavy atom. The van der Waals surface area contributed by atoms with Crippen molar-refractivity contribution in [2.24, 2.45) is 4.99 Å². The van der Waals surface area contributed by atoms with E-state index in [1.807, 2.05) is 48.5 Å². The van der Waals surface area contributed by atoms with Crippen molar-refractivity contribution in [3.63, 3.8) is 0 Å². The fraction of sp³-hybridized carbons (Fsp3) is 0.219. The van der Waals surface area contributed by atoms with Gasteiger partial charge in [-0.25, -0.2) is 9.79 Å². The lowest BCUT2D eigenvalue weighted by Gasteiger charge is -2.24. The van der Waals surface area contributed by atoms with E-state index in [1.54, 1.807) is 55.9 Å². The molecule has 1 aliphatic rings. The fourth-order valence-electron chi connectivity index (χ4n) is 4.61. The number of halogens is 1.